The first-order valence-electron chi connectivity index (χ1n) is 3.25. The van der Waals surface area contributed by atoms with Crippen LogP contribution in [0.3, 0.4) is 0 Å². The van der Waals surface area contributed by atoms with Crippen LogP contribution >= 0.6 is 22.9 Å². The second-order valence-corrected chi connectivity index (χ2v) is 3.66. The number of rotatable bonds is 0. The molecule has 0 aliphatic heterocycles. The Morgan fingerprint density at radius 1 is 1.50 bits per heavy atom. The van der Waals surface area contributed by atoms with Gasteiger partial charge in [0.25, 0.3) is 5.95 Å². The lowest BCUT2D eigenvalue weighted by atomic mass is 10.3. The third-order valence-electron chi connectivity index (χ3n) is 1.56. The van der Waals surface area contributed by atoms with Gasteiger partial charge in [0.1, 0.15) is 10.5 Å². The van der Waals surface area contributed by atoms with E-state index >= 15 is 0 Å². The second-order valence-electron chi connectivity index (χ2n) is 2.40. The summed E-state index contributed by atoms with van der Waals surface area (Å²) in [4.78, 5) is 0. The summed E-state index contributed by atoms with van der Waals surface area (Å²) in [5.74, 6) is -0.703. The van der Waals surface area contributed by atoms with Crippen LogP contribution in [0.2, 0.25) is 5.02 Å². The van der Waals surface area contributed by atoms with E-state index in [9.17, 15) is 4.39 Å². The molecule has 2 rings (SSSR count). The minimum atomic E-state index is -0.703. The molecule has 5 heteroatoms. The molecular weight excluding hydrogens is 199 g/mol. The van der Waals surface area contributed by atoms with Crippen molar-refractivity contribution in [3.63, 3.8) is 0 Å². The molecule has 2 aromatic heterocycles. The molecular formula is C7H4ClFN2S. The maximum absolute atomic E-state index is 12.8. The van der Waals surface area contributed by atoms with E-state index in [2.05, 4.69) is 10.2 Å². The van der Waals surface area contributed by atoms with Gasteiger partial charge in [0.15, 0.2) is 0 Å². The van der Waals surface area contributed by atoms with Crippen molar-refractivity contribution in [3.05, 3.63) is 21.9 Å². The predicted octanol–water partition coefficient (Wildman–Crippen LogP) is 2.79. The Hall–Kier alpha value is -0.740. The van der Waals surface area contributed by atoms with E-state index in [0.29, 0.717) is 10.2 Å². The van der Waals surface area contributed by atoms with Crippen LogP contribution in [0.1, 0.15) is 5.56 Å². The Morgan fingerprint density at radius 2 is 2.25 bits per heavy atom. The molecule has 0 spiro atoms. The molecule has 0 saturated carbocycles. The first-order valence-corrected chi connectivity index (χ1v) is 4.51. The van der Waals surface area contributed by atoms with Crippen molar-refractivity contribution < 1.29 is 4.39 Å². The highest BCUT2D eigenvalue weighted by Gasteiger charge is 2.10. The van der Waals surface area contributed by atoms with Crippen LogP contribution < -0.4 is 0 Å². The Labute approximate surface area is 77.0 Å². The highest BCUT2D eigenvalue weighted by molar-refractivity contribution is 7.18. The minimum Gasteiger partial charge on any atom is -0.181 e. The van der Waals surface area contributed by atoms with E-state index in [1.165, 1.54) is 11.3 Å². The average molecular weight is 203 g/mol. The maximum Gasteiger partial charge on any atom is 0.253 e. The van der Waals surface area contributed by atoms with Gasteiger partial charge < -0.3 is 0 Å². The zero-order valence-electron chi connectivity index (χ0n) is 6.14. The third kappa shape index (κ3) is 0.990. The number of thiophene rings is 1. The molecule has 0 atom stereocenters. The Bertz CT molecular complexity index is 440. The molecule has 62 valence electrons. The number of nitrogens with zero attached hydrogens (tertiary/aromatic N) is 2. The summed E-state index contributed by atoms with van der Waals surface area (Å²) in [6.45, 7) is 1.89. The van der Waals surface area contributed by atoms with Gasteiger partial charge in [0.05, 0.1) is 4.70 Å². The lowest BCUT2D eigenvalue weighted by molar-refractivity contribution is 0.569. The molecule has 0 fully saturated rings. The van der Waals surface area contributed by atoms with Crippen molar-refractivity contribution in [1.82, 2.24) is 10.2 Å². The fourth-order valence-corrected chi connectivity index (χ4v) is 2.12. The molecule has 0 amide bonds. The zero-order chi connectivity index (χ0) is 8.72. The summed E-state index contributed by atoms with van der Waals surface area (Å²) < 4.78 is 13.4. The van der Waals surface area contributed by atoms with Crippen LogP contribution in [-0.4, -0.2) is 10.2 Å². The molecule has 2 aromatic rings. The third-order valence-corrected chi connectivity index (χ3v) is 3.12. The maximum atomic E-state index is 12.8. The van der Waals surface area contributed by atoms with Crippen LogP contribution in [0, 0.1) is 12.9 Å². The quantitative estimate of drug-likeness (QED) is 0.657. The smallest absolute Gasteiger partial charge is 0.181 e. The molecule has 0 unspecified atom stereocenters. The van der Waals surface area contributed by atoms with Gasteiger partial charge in [-0.3, -0.25) is 0 Å². The average Bonchev–Trinajstić information content (AvgIpc) is 2.41. The second kappa shape index (κ2) is 2.64. The molecule has 0 aliphatic rings. The van der Waals surface area contributed by atoms with Gasteiger partial charge >= 0.3 is 0 Å². The summed E-state index contributed by atoms with van der Waals surface area (Å²) in [7, 11) is 0. The highest BCUT2D eigenvalue weighted by Crippen LogP contribution is 2.30. The van der Waals surface area contributed by atoms with Gasteiger partial charge in [-0.05, 0) is 17.9 Å². The van der Waals surface area contributed by atoms with E-state index in [1.54, 1.807) is 0 Å². The molecule has 0 saturated heterocycles. The number of fused-ring (bicyclic) bond motifs is 1. The van der Waals surface area contributed by atoms with Gasteiger partial charge in [-0.15, -0.1) is 21.5 Å². The van der Waals surface area contributed by atoms with Crippen molar-refractivity contribution in [2.45, 2.75) is 6.92 Å². The van der Waals surface area contributed by atoms with Crippen molar-refractivity contribution in [1.29, 1.82) is 0 Å². The standard InChI is InChI=1S/C7H4ClFN2S/c1-3-2-12-6-4(8)7(9)11-10-5(3)6/h2H,1H3. The Balaban J connectivity index is 2.93. The van der Waals surface area contributed by atoms with E-state index in [-0.39, 0.29) is 5.02 Å². The normalized spacial score (nSPS) is 10.9. The van der Waals surface area contributed by atoms with Crippen LogP contribution in [0.4, 0.5) is 4.39 Å². The Kier molecular flexibility index (Phi) is 1.73. The SMILES string of the molecule is Cc1csc2c(Cl)c(F)nnc12. The summed E-state index contributed by atoms with van der Waals surface area (Å²) in [6, 6.07) is 0. The van der Waals surface area contributed by atoms with Gasteiger partial charge in [-0.25, -0.2) is 0 Å². The summed E-state index contributed by atoms with van der Waals surface area (Å²) in [5.41, 5.74) is 1.66. The van der Waals surface area contributed by atoms with Crippen molar-refractivity contribution in [2.24, 2.45) is 0 Å². The van der Waals surface area contributed by atoms with Crippen LogP contribution in [0.15, 0.2) is 5.38 Å². The fraction of sp³-hybridized carbons (Fsp3) is 0.143. The van der Waals surface area contributed by atoms with Crippen LogP contribution in [0.5, 0.6) is 0 Å². The summed E-state index contributed by atoms with van der Waals surface area (Å²) in [5, 5.41) is 8.95. The van der Waals surface area contributed by atoms with E-state index in [4.69, 9.17) is 11.6 Å². The molecule has 0 N–H and O–H groups in total. The fourth-order valence-electron chi connectivity index (χ4n) is 0.949. The molecule has 0 aliphatic carbocycles. The lowest BCUT2D eigenvalue weighted by Gasteiger charge is -1.92. The lowest BCUT2D eigenvalue weighted by Crippen LogP contribution is -1.88. The topological polar surface area (TPSA) is 25.8 Å². The van der Waals surface area contributed by atoms with Crippen molar-refractivity contribution >= 4 is 33.2 Å². The molecule has 0 bridgehead atoms. The Morgan fingerprint density at radius 3 is 3.00 bits per heavy atom. The first-order chi connectivity index (χ1) is 5.70. The minimum absolute atomic E-state index is 0.0677. The van der Waals surface area contributed by atoms with Crippen LogP contribution in [0.25, 0.3) is 10.2 Å². The predicted molar refractivity (Wildman–Crippen MR) is 47.1 cm³/mol. The van der Waals surface area contributed by atoms with Gasteiger partial charge in [-0.2, -0.15) is 4.39 Å². The van der Waals surface area contributed by atoms with Crippen molar-refractivity contribution in [2.75, 3.05) is 0 Å². The number of hydrogen-bond donors (Lipinski definition) is 0. The first kappa shape index (κ1) is 7.89. The van der Waals surface area contributed by atoms with Crippen molar-refractivity contribution in [3.8, 4) is 0 Å². The largest absolute Gasteiger partial charge is 0.253 e. The molecule has 2 heterocycles. The molecule has 2 nitrogen and oxygen atoms in total. The summed E-state index contributed by atoms with van der Waals surface area (Å²) >= 11 is 7.05. The monoisotopic (exact) mass is 202 g/mol. The number of aryl methyl sites for hydroxylation is 1. The number of aromatic nitrogens is 2. The van der Waals surface area contributed by atoms with Crippen LogP contribution in [-0.2, 0) is 0 Å². The highest BCUT2D eigenvalue weighted by atomic mass is 35.5. The van der Waals surface area contributed by atoms with E-state index in [0.717, 1.165) is 5.56 Å². The number of halogens is 2. The molecule has 12 heavy (non-hydrogen) atoms. The van der Waals surface area contributed by atoms with E-state index in [1.807, 2.05) is 12.3 Å². The van der Waals surface area contributed by atoms with E-state index < -0.39 is 5.95 Å². The molecule has 0 aromatic carbocycles. The number of hydrogen-bond acceptors (Lipinski definition) is 3. The molecule has 0 radical (unpaired) electrons. The van der Waals surface area contributed by atoms with Gasteiger partial charge in [-0.1, -0.05) is 11.6 Å². The summed E-state index contributed by atoms with van der Waals surface area (Å²) in [6.07, 6.45) is 0. The van der Waals surface area contributed by atoms with Gasteiger partial charge in [0.2, 0.25) is 0 Å². The zero-order valence-corrected chi connectivity index (χ0v) is 7.71. The van der Waals surface area contributed by atoms with Gasteiger partial charge in [0, 0.05) is 0 Å².